The first kappa shape index (κ1) is 15.9. The van der Waals surface area contributed by atoms with Gasteiger partial charge in [-0.3, -0.25) is 0 Å². The van der Waals surface area contributed by atoms with E-state index in [4.69, 9.17) is 20.9 Å². The van der Waals surface area contributed by atoms with Gasteiger partial charge in [-0.15, -0.1) is 0 Å². The van der Waals surface area contributed by atoms with E-state index in [-0.39, 0.29) is 0 Å². The van der Waals surface area contributed by atoms with Gasteiger partial charge in [0.25, 0.3) is 5.89 Å². The van der Waals surface area contributed by atoms with Gasteiger partial charge in [0.15, 0.2) is 0 Å². The van der Waals surface area contributed by atoms with Crippen LogP contribution in [0.5, 0.6) is 5.75 Å². The van der Waals surface area contributed by atoms with Gasteiger partial charge in [-0.2, -0.15) is 16.3 Å². The van der Waals surface area contributed by atoms with Gasteiger partial charge in [0.1, 0.15) is 10.8 Å². The van der Waals surface area contributed by atoms with E-state index in [9.17, 15) is 0 Å². The van der Waals surface area contributed by atoms with Crippen molar-refractivity contribution in [2.24, 2.45) is 0 Å². The summed E-state index contributed by atoms with van der Waals surface area (Å²) >= 11 is 7.94. The lowest BCUT2D eigenvalue weighted by Gasteiger charge is -2.03. The first-order chi connectivity index (χ1) is 12.2. The predicted octanol–water partition coefficient (Wildman–Crippen LogP) is 5.70. The van der Waals surface area contributed by atoms with Crippen LogP contribution in [0.3, 0.4) is 0 Å². The van der Waals surface area contributed by atoms with Crippen molar-refractivity contribution in [2.45, 2.75) is 0 Å². The van der Waals surface area contributed by atoms with Gasteiger partial charge in [-0.25, -0.2) is 0 Å². The van der Waals surface area contributed by atoms with Crippen molar-refractivity contribution in [3.63, 3.8) is 0 Å². The molecule has 0 aliphatic carbocycles. The molecular formula is C19H13ClN2O2S. The molecule has 2 aromatic carbocycles. The van der Waals surface area contributed by atoms with Crippen molar-refractivity contribution < 1.29 is 9.26 Å². The molecule has 0 fully saturated rings. The van der Waals surface area contributed by atoms with Crippen LogP contribution < -0.4 is 4.74 Å². The summed E-state index contributed by atoms with van der Waals surface area (Å²) in [5.41, 5.74) is 1.88. The average Bonchev–Trinajstić information content (AvgIpc) is 3.32. The number of rotatable bonds is 4. The number of thiophene rings is 1. The van der Waals surface area contributed by atoms with Gasteiger partial charge in [-0.05, 0) is 52.1 Å². The highest BCUT2D eigenvalue weighted by molar-refractivity contribution is 7.08. The van der Waals surface area contributed by atoms with E-state index in [0.29, 0.717) is 16.7 Å². The van der Waals surface area contributed by atoms with Gasteiger partial charge in [0.2, 0.25) is 5.82 Å². The summed E-state index contributed by atoms with van der Waals surface area (Å²) in [5.74, 6) is 1.67. The summed E-state index contributed by atoms with van der Waals surface area (Å²) in [4.78, 5) is 4.35. The maximum atomic E-state index is 6.36. The number of fused-ring (bicyclic) bond motifs is 1. The molecule has 6 heteroatoms. The molecule has 0 aliphatic heterocycles. The zero-order valence-corrected chi connectivity index (χ0v) is 14.8. The molecule has 0 bridgehead atoms. The molecule has 0 N–H and O–H groups in total. The minimum atomic E-state index is 0.303. The van der Waals surface area contributed by atoms with E-state index in [2.05, 4.69) is 10.1 Å². The quantitative estimate of drug-likeness (QED) is 0.463. The Kier molecular flexibility index (Phi) is 4.26. The SMILES string of the molecule is COc1ccc2cc(C=C(Cl)c3nc(-c4ccsc4)no3)ccc2c1. The van der Waals surface area contributed by atoms with Crippen LogP contribution in [0.15, 0.2) is 57.7 Å². The maximum Gasteiger partial charge on any atom is 0.269 e. The van der Waals surface area contributed by atoms with E-state index < -0.39 is 0 Å². The lowest BCUT2D eigenvalue weighted by molar-refractivity contribution is 0.410. The minimum Gasteiger partial charge on any atom is -0.497 e. The monoisotopic (exact) mass is 368 g/mol. The van der Waals surface area contributed by atoms with E-state index >= 15 is 0 Å². The molecule has 0 amide bonds. The van der Waals surface area contributed by atoms with Crippen LogP contribution in [0.2, 0.25) is 0 Å². The smallest absolute Gasteiger partial charge is 0.269 e. The molecule has 4 nitrogen and oxygen atoms in total. The molecule has 0 aliphatic rings. The molecule has 0 radical (unpaired) electrons. The Morgan fingerprint density at radius 3 is 2.80 bits per heavy atom. The van der Waals surface area contributed by atoms with Crippen LogP contribution in [-0.2, 0) is 0 Å². The van der Waals surface area contributed by atoms with Crippen LogP contribution in [0, 0.1) is 0 Å². The van der Waals surface area contributed by atoms with Crippen molar-refractivity contribution >= 4 is 44.8 Å². The highest BCUT2D eigenvalue weighted by atomic mass is 35.5. The maximum absolute atomic E-state index is 6.36. The first-order valence-corrected chi connectivity index (χ1v) is 8.87. The van der Waals surface area contributed by atoms with Crippen molar-refractivity contribution in [1.82, 2.24) is 10.1 Å². The van der Waals surface area contributed by atoms with Crippen molar-refractivity contribution in [3.8, 4) is 17.1 Å². The fraction of sp³-hybridized carbons (Fsp3) is 0.0526. The first-order valence-electron chi connectivity index (χ1n) is 7.54. The zero-order valence-electron chi connectivity index (χ0n) is 13.3. The van der Waals surface area contributed by atoms with E-state index in [1.807, 2.05) is 59.3 Å². The fourth-order valence-electron chi connectivity index (χ4n) is 2.50. The van der Waals surface area contributed by atoms with Gasteiger partial charge < -0.3 is 9.26 Å². The number of methoxy groups -OCH3 is 1. The van der Waals surface area contributed by atoms with Gasteiger partial charge >= 0.3 is 0 Å². The highest BCUT2D eigenvalue weighted by Crippen LogP contribution is 2.27. The van der Waals surface area contributed by atoms with Crippen LogP contribution in [0.1, 0.15) is 11.5 Å². The van der Waals surface area contributed by atoms with Crippen molar-refractivity contribution in [3.05, 3.63) is 64.7 Å². The van der Waals surface area contributed by atoms with Crippen molar-refractivity contribution in [2.75, 3.05) is 7.11 Å². The zero-order chi connectivity index (χ0) is 17.2. The fourth-order valence-corrected chi connectivity index (χ4v) is 3.33. The topological polar surface area (TPSA) is 48.2 Å². The number of nitrogens with zero attached hydrogens (tertiary/aromatic N) is 2. The summed E-state index contributed by atoms with van der Waals surface area (Å²) < 4.78 is 10.5. The summed E-state index contributed by atoms with van der Waals surface area (Å²) in [6, 6.07) is 13.9. The molecule has 0 saturated heterocycles. The average molecular weight is 369 g/mol. The molecule has 25 heavy (non-hydrogen) atoms. The largest absolute Gasteiger partial charge is 0.497 e. The van der Waals surface area contributed by atoms with E-state index in [0.717, 1.165) is 27.6 Å². The summed E-state index contributed by atoms with van der Waals surface area (Å²) in [5, 5.41) is 10.5. The van der Waals surface area contributed by atoms with E-state index in [1.54, 1.807) is 18.4 Å². The van der Waals surface area contributed by atoms with Gasteiger partial charge in [0.05, 0.1) is 7.11 Å². The Balaban J connectivity index is 1.64. The number of hydrogen-bond donors (Lipinski definition) is 0. The molecule has 4 rings (SSSR count). The third-order valence-electron chi connectivity index (χ3n) is 3.77. The Morgan fingerprint density at radius 1 is 1.16 bits per heavy atom. The van der Waals surface area contributed by atoms with Crippen LogP contribution in [0.25, 0.3) is 33.3 Å². The molecule has 2 heterocycles. The number of hydrogen-bond acceptors (Lipinski definition) is 5. The van der Waals surface area contributed by atoms with Crippen LogP contribution >= 0.6 is 22.9 Å². The number of ether oxygens (including phenoxy) is 1. The number of benzene rings is 2. The third kappa shape index (κ3) is 3.29. The standard InChI is InChI=1S/C19H13ClN2O2S/c1-23-16-5-4-13-8-12(2-3-14(13)10-16)9-17(20)19-21-18(22-24-19)15-6-7-25-11-15/h2-11H,1H3. The molecule has 0 saturated carbocycles. The molecule has 0 spiro atoms. The Bertz CT molecular complexity index is 1050. The lowest BCUT2D eigenvalue weighted by atomic mass is 10.1. The Labute approximate surface area is 153 Å². The molecule has 4 aromatic rings. The van der Waals surface area contributed by atoms with Gasteiger partial charge in [0, 0.05) is 10.9 Å². The van der Waals surface area contributed by atoms with Crippen molar-refractivity contribution in [1.29, 1.82) is 0 Å². The predicted molar refractivity (Wildman–Crippen MR) is 102 cm³/mol. The van der Waals surface area contributed by atoms with Crippen LogP contribution in [-0.4, -0.2) is 17.3 Å². The van der Waals surface area contributed by atoms with E-state index in [1.165, 1.54) is 0 Å². The molecule has 0 atom stereocenters. The second-order valence-corrected chi connectivity index (χ2v) is 6.59. The summed E-state index contributed by atoms with van der Waals surface area (Å²) in [7, 11) is 1.66. The third-order valence-corrected chi connectivity index (χ3v) is 4.73. The van der Waals surface area contributed by atoms with Crippen LogP contribution in [0.4, 0.5) is 0 Å². The molecular weight excluding hydrogens is 356 g/mol. The Morgan fingerprint density at radius 2 is 2.00 bits per heavy atom. The normalized spacial score (nSPS) is 11.8. The molecule has 0 unspecified atom stereocenters. The van der Waals surface area contributed by atoms with Gasteiger partial charge in [-0.1, -0.05) is 35.0 Å². The highest BCUT2D eigenvalue weighted by Gasteiger charge is 2.11. The summed E-state index contributed by atoms with van der Waals surface area (Å²) in [6.07, 6.45) is 1.82. The minimum absolute atomic E-state index is 0.303. The number of halogens is 1. The number of aromatic nitrogens is 2. The summed E-state index contributed by atoms with van der Waals surface area (Å²) in [6.45, 7) is 0. The molecule has 2 aromatic heterocycles. The second kappa shape index (κ2) is 6.70. The second-order valence-electron chi connectivity index (χ2n) is 5.40. The molecule has 124 valence electrons. The lowest BCUT2D eigenvalue weighted by Crippen LogP contribution is -1.83. The Hall–Kier alpha value is -2.63.